The van der Waals surface area contributed by atoms with Crippen LogP contribution in [0.5, 0.6) is 0 Å². The standard InChI is InChI=1S/C12H22N4O2.HI/c1-9-13-12(14-18-9)8-15(2)6-10-5-11(17-4)7-16(10)3;/h10-11H,5-8H2,1-4H3;1H/t10-,11-;/m0./s1. The predicted octanol–water partition coefficient (Wildman–Crippen LogP) is 1.15. The summed E-state index contributed by atoms with van der Waals surface area (Å²) in [5, 5.41) is 3.91. The van der Waals surface area contributed by atoms with Gasteiger partial charge in [-0.3, -0.25) is 9.80 Å². The fourth-order valence-electron chi connectivity index (χ4n) is 2.48. The normalized spacial score (nSPS) is 23.8. The van der Waals surface area contributed by atoms with Crippen LogP contribution in [-0.4, -0.2) is 66.4 Å². The minimum absolute atomic E-state index is 0. The van der Waals surface area contributed by atoms with Crippen molar-refractivity contribution < 1.29 is 9.26 Å². The van der Waals surface area contributed by atoms with E-state index in [9.17, 15) is 0 Å². The van der Waals surface area contributed by atoms with Crippen LogP contribution in [0, 0.1) is 6.92 Å². The highest BCUT2D eigenvalue weighted by Crippen LogP contribution is 2.18. The van der Waals surface area contributed by atoms with E-state index in [1.165, 1.54) is 0 Å². The maximum Gasteiger partial charge on any atom is 0.223 e. The molecule has 2 atom stereocenters. The monoisotopic (exact) mass is 382 g/mol. The molecule has 0 radical (unpaired) electrons. The lowest BCUT2D eigenvalue weighted by molar-refractivity contribution is 0.111. The topological polar surface area (TPSA) is 54.6 Å². The van der Waals surface area contributed by atoms with Crippen molar-refractivity contribution >= 4 is 24.0 Å². The Balaban J connectivity index is 0.00000180. The molecule has 2 heterocycles. The lowest BCUT2D eigenvalue weighted by atomic mass is 10.2. The Labute approximate surface area is 131 Å². The van der Waals surface area contributed by atoms with Crippen LogP contribution >= 0.6 is 24.0 Å². The molecule has 2 rings (SSSR count). The fourth-order valence-corrected chi connectivity index (χ4v) is 2.48. The number of nitrogens with zero attached hydrogens (tertiary/aromatic N) is 4. The van der Waals surface area contributed by atoms with Crippen molar-refractivity contribution in [1.82, 2.24) is 19.9 Å². The van der Waals surface area contributed by atoms with Crippen molar-refractivity contribution in [1.29, 1.82) is 0 Å². The molecule has 6 nitrogen and oxygen atoms in total. The lowest BCUT2D eigenvalue weighted by Crippen LogP contribution is -2.36. The average Bonchev–Trinajstić information content (AvgIpc) is 2.86. The Morgan fingerprint density at radius 3 is 2.79 bits per heavy atom. The Hall–Kier alpha value is -0.250. The number of aryl methyl sites for hydroxylation is 1. The molecular weight excluding hydrogens is 359 g/mol. The number of ether oxygens (including phenoxy) is 1. The Morgan fingerprint density at radius 2 is 2.26 bits per heavy atom. The van der Waals surface area contributed by atoms with Gasteiger partial charge in [0.15, 0.2) is 5.82 Å². The van der Waals surface area contributed by atoms with E-state index in [-0.39, 0.29) is 24.0 Å². The van der Waals surface area contributed by atoms with E-state index in [1.807, 2.05) is 6.92 Å². The van der Waals surface area contributed by atoms with E-state index >= 15 is 0 Å². The van der Waals surface area contributed by atoms with E-state index in [1.54, 1.807) is 7.11 Å². The largest absolute Gasteiger partial charge is 0.380 e. The minimum Gasteiger partial charge on any atom is -0.380 e. The van der Waals surface area contributed by atoms with Crippen molar-refractivity contribution in [3.63, 3.8) is 0 Å². The van der Waals surface area contributed by atoms with Crippen molar-refractivity contribution in [2.45, 2.75) is 32.0 Å². The smallest absolute Gasteiger partial charge is 0.223 e. The van der Waals surface area contributed by atoms with Gasteiger partial charge in [-0.25, -0.2) is 0 Å². The summed E-state index contributed by atoms with van der Waals surface area (Å²) >= 11 is 0. The molecule has 1 aromatic heterocycles. The number of likely N-dealkylation sites (N-methyl/N-ethyl adjacent to an activating group) is 2. The second-order valence-electron chi connectivity index (χ2n) is 5.11. The maximum atomic E-state index is 5.42. The number of hydrogen-bond donors (Lipinski definition) is 0. The molecule has 0 spiro atoms. The van der Waals surface area contributed by atoms with E-state index in [0.717, 1.165) is 31.9 Å². The SMILES string of the molecule is CO[C@H]1C[C@@H](CN(C)Cc2noc(C)n2)N(C)C1.I. The minimum atomic E-state index is 0. The maximum absolute atomic E-state index is 5.42. The number of rotatable bonds is 5. The summed E-state index contributed by atoms with van der Waals surface area (Å²) in [6.07, 6.45) is 1.45. The average molecular weight is 382 g/mol. The third kappa shape index (κ3) is 4.66. The molecule has 110 valence electrons. The van der Waals surface area contributed by atoms with Gasteiger partial charge >= 0.3 is 0 Å². The lowest BCUT2D eigenvalue weighted by Gasteiger charge is -2.24. The van der Waals surface area contributed by atoms with Gasteiger partial charge in [0.1, 0.15) is 0 Å². The highest BCUT2D eigenvalue weighted by molar-refractivity contribution is 14.0. The molecule has 0 aromatic carbocycles. The van der Waals surface area contributed by atoms with Gasteiger partial charge in [-0.1, -0.05) is 5.16 Å². The van der Waals surface area contributed by atoms with Gasteiger partial charge in [-0.2, -0.15) is 4.98 Å². The predicted molar refractivity (Wildman–Crippen MR) is 82.6 cm³/mol. The molecule has 0 unspecified atom stereocenters. The molecule has 0 amide bonds. The molecule has 0 saturated carbocycles. The third-order valence-corrected chi connectivity index (χ3v) is 3.49. The molecule has 0 N–H and O–H groups in total. The van der Waals surface area contributed by atoms with Crippen molar-refractivity contribution in [2.75, 3.05) is 34.3 Å². The Bertz CT molecular complexity index is 388. The van der Waals surface area contributed by atoms with Crippen LogP contribution in [0.25, 0.3) is 0 Å². The van der Waals surface area contributed by atoms with E-state index in [4.69, 9.17) is 9.26 Å². The van der Waals surface area contributed by atoms with Crippen LogP contribution in [0.15, 0.2) is 4.52 Å². The molecule has 1 aromatic rings. The van der Waals surface area contributed by atoms with Crippen molar-refractivity contribution in [2.24, 2.45) is 0 Å². The highest BCUT2D eigenvalue weighted by atomic mass is 127. The molecule has 1 aliphatic heterocycles. The summed E-state index contributed by atoms with van der Waals surface area (Å²) in [6, 6.07) is 0.535. The van der Waals surface area contributed by atoms with Crippen LogP contribution in [0.3, 0.4) is 0 Å². The molecule has 1 saturated heterocycles. The summed E-state index contributed by atoms with van der Waals surface area (Å²) < 4.78 is 10.4. The zero-order valence-corrected chi connectivity index (χ0v) is 14.3. The molecular formula is C12H23IN4O2. The molecule has 0 aliphatic carbocycles. The summed E-state index contributed by atoms with van der Waals surface area (Å²) in [4.78, 5) is 8.80. The summed E-state index contributed by atoms with van der Waals surface area (Å²) in [5.74, 6) is 1.37. The Kier molecular flexibility index (Phi) is 6.64. The summed E-state index contributed by atoms with van der Waals surface area (Å²) in [6.45, 7) is 4.53. The first-order valence-corrected chi connectivity index (χ1v) is 6.29. The number of hydrogen-bond acceptors (Lipinski definition) is 6. The second kappa shape index (κ2) is 7.51. The Morgan fingerprint density at radius 1 is 1.53 bits per heavy atom. The molecule has 7 heteroatoms. The number of methoxy groups -OCH3 is 1. The van der Waals surface area contributed by atoms with Crippen LogP contribution in [-0.2, 0) is 11.3 Å². The third-order valence-electron chi connectivity index (χ3n) is 3.49. The number of halogens is 1. The van der Waals surface area contributed by atoms with Crippen LogP contribution in [0.2, 0.25) is 0 Å². The van der Waals surface area contributed by atoms with Gasteiger partial charge in [-0.15, -0.1) is 24.0 Å². The second-order valence-corrected chi connectivity index (χ2v) is 5.11. The fraction of sp³-hybridized carbons (Fsp3) is 0.833. The number of likely N-dealkylation sites (tertiary alicyclic amines) is 1. The van der Waals surface area contributed by atoms with Gasteiger partial charge < -0.3 is 9.26 Å². The van der Waals surface area contributed by atoms with Crippen LogP contribution in [0.4, 0.5) is 0 Å². The summed E-state index contributed by atoms with van der Waals surface area (Å²) in [7, 11) is 6.02. The van der Waals surface area contributed by atoms with Crippen molar-refractivity contribution in [3.8, 4) is 0 Å². The van der Waals surface area contributed by atoms with Gasteiger partial charge in [0.2, 0.25) is 5.89 Å². The molecule has 0 bridgehead atoms. The van der Waals surface area contributed by atoms with Crippen LogP contribution < -0.4 is 0 Å². The van der Waals surface area contributed by atoms with Gasteiger partial charge in [0, 0.05) is 33.2 Å². The first-order chi connectivity index (χ1) is 8.58. The zero-order chi connectivity index (χ0) is 13.1. The zero-order valence-electron chi connectivity index (χ0n) is 12.0. The first kappa shape index (κ1) is 16.8. The van der Waals surface area contributed by atoms with E-state index < -0.39 is 0 Å². The molecule has 1 fully saturated rings. The highest BCUT2D eigenvalue weighted by Gasteiger charge is 2.30. The first-order valence-electron chi connectivity index (χ1n) is 6.29. The number of aromatic nitrogens is 2. The summed E-state index contributed by atoms with van der Waals surface area (Å²) in [5.41, 5.74) is 0. The molecule has 19 heavy (non-hydrogen) atoms. The van der Waals surface area contributed by atoms with Crippen molar-refractivity contribution in [3.05, 3.63) is 11.7 Å². The van der Waals surface area contributed by atoms with Gasteiger partial charge in [0.25, 0.3) is 0 Å². The van der Waals surface area contributed by atoms with Crippen LogP contribution in [0.1, 0.15) is 18.1 Å². The van der Waals surface area contributed by atoms with E-state index in [0.29, 0.717) is 18.0 Å². The van der Waals surface area contributed by atoms with Gasteiger partial charge in [-0.05, 0) is 20.5 Å². The molecule has 1 aliphatic rings. The van der Waals surface area contributed by atoms with Gasteiger partial charge in [0.05, 0.1) is 12.6 Å². The quantitative estimate of drug-likeness (QED) is 0.713. The van der Waals surface area contributed by atoms with E-state index in [2.05, 4.69) is 34.0 Å².